The Hall–Kier alpha value is -1.25. The third-order valence-electron chi connectivity index (χ3n) is 2.16. The Balaban J connectivity index is 2.18. The Morgan fingerprint density at radius 2 is 2.06 bits per heavy atom. The first kappa shape index (κ1) is 11.2. The van der Waals surface area contributed by atoms with Crippen molar-refractivity contribution in [2.75, 3.05) is 0 Å². The van der Waals surface area contributed by atoms with Crippen molar-refractivity contribution >= 4 is 29.0 Å². The Morgan fingerprint density at radius 1 is 1.25 bits per heavy atom. The van der Waals surface area contributed by atoms with Crippen LogP contribution < -0.4 is 0 Å². The van der Waals surface area contributed by atoms with E-state index in [4.69, 9.17) is 27.6 Å². The highest BCUT2D eigenvalue weighted by molar-refractivity contribution is 6.35. The first-order chi connectivity index (χ1) is 7.66. The second-order valence-electron chi connectivity index (χ2n) is 3.31. The topological polar surface area (TPSA) is 30.2 Å². The number of ketones is 1. The van der Waals surface area contributed by atoms with Crippen molar-refractivity contribution in [3.63, 3.8) is 0 Å². The maximum absolute atomic E-state index is 11.7. The van der Waals surface area contributed by atoms with Gasteiger partial charge in [0.05, 0.1) is 6.26 Å². The van der Waals surface area contributed by atoms with E-state index < -0.39 is 0 Å². The van der Waals surface area contributed by atoms with Crippen LogP contribution in [0.3, 0.4) is 0 Å². The zero-order chi connectivity index (χ0) is 11.5. The molecule has 0 aliphatic rings. The van der Waals surface area contributed by atoms with Gasteiger partial charge in [-0.1, -0.05) is 29.3 Å². The summed E-state index contributed by atoms with van der Waals surface area (Å²) in [7, 11) is 0. The molecule has 0 bridgehead atoms. The van der Waals surface area contributed by atoms with Crippen molar-refractivity contribution in [3.05, 3.63) is 58.0 Å². The van der Waals surface area contributed by atoms with Crippen LogP contribution >= 0.6 is 23.2 Å². The van der Waals surface area contributed by atoms with Crippen LogP contribution in [0.4, 0.5) is 0 Å². The van der Waals surface area contributed by atoms with E-state index in [1.165, 1.54) is 6.26 Å². The molecular formula is C12H8Cl2O2. The molecule has 4 heteroatoms. The van der Waals surface area contributed by atoms with Crippen LogP contribution in [-0.2, 0) is 6.42 Å². The number of carbonyl (C=O) groups is 1. The van der Waals surface area contributed by atoms with Gasteiger partial charge in [0.25, 0.3) is 0 Å². The second-order valence-corrected chi connectivity index (χ2v) is 4.16. The zero-order valence-electron chi connectivity index (χ0n) is 8.24. The molecule has 0 aliphatic carbocycles. The maximum atomic E-state index is 11.7. The van der Waals surface area contributed by atoms with E-state index in [2.05, 4.69) is 0 Å². The first-order valence-corrected chi connectivity index (χ1v) is 5.43. The van der Waals surface area contributed by atoms with Gasteiger partial charge < -0.3 is 4.42 Å². The Labute approximate surface area is 103 Å². The van der Waals surface area contributed by atoms with Gasteiger partial charge in [-0.25, -0.2) is 0 Å². The van der Waals surface area contributed by atoms with Crippen LogP contribution in [-0.4, -0.2) is 5.78 Å². The summed E-state index contributed by atoms with van der Waals surface area (Å²) in [5, 5.41) is 1.05. The van der Waals surface area contributed by atoms with E-state index in [0.717, 1.165) is 5.56 Å². The van der Waals surface area contributed by atoms with Gasteiger partial charge in [0.1, 0.15) is 0 Å². The number of benzene rings is 1. The van der Waals surface area contributed by atoms with Crippen LogP contribution in [0.25, 0.3) is 0 Å². The maximum Gasteiger partial charge on any atom is 0.202 e. The lowest BCUT2D eigenvalue weighted by atomic mass is 10.1. The number of hydrogen-bond acceptors (Lipinski definition) is 2. The SMILES string of the molecule is O=C(Cc1ccc(Cl)cc1Cl)c1ccco1. The summed E-state index contributed by atoms with van der Waals surface area (Å²) in [6.07, 6.45) is 1.68. The lowest BCUT2D eigenvalue weighted by Gasteiger charge is -2.02. The molecule has 1 heterocycles. The lowest BCUT2D eigenvalue weighted by Crippen LogP contribution is -2.02. The molecule has 2 rings (SSSR count). The molecular weight excluding hydrogens is 247 g/mol. The molecule has 1 aromatic heterocycles. The van der Waals surface area contributed by atoms with Gasteiger partial charge in [-0.15, -0.1) is 0 Å². The highest BCUT2D eigenvalue weighted by Crippen LogP contribution is 2.22. The summed E-state index contributed by atoms with van der Waals surface area (Å²) in [5.74, 6) is 0.236. The van der Waals surface area contributed by atoms with Crippen molar-refractivity contribution in [2.45, 2.75) is 6.42 Å². The Bertz CT molecular complexity index is 504. The number of hydrogen-bond donors (Lipinski definition) is 0. The minimum absolute atomic E-state index is 0.103. The van der Waals surface area contributed by atoms with Crippen LogP contribution in [0.1, 0.15) is 16.1 Å². The van der Waals surface area contributed by atoms with Gasteiger partial charge in [0.15, 0.2) is 5.76 Å². The standard InChI is InChI=1S/C12H8Cl2O2/c13-9-4-3-8(10(14)7-9)6-11(15)12-2-1-5-16-12/h1-5,7H,6H2. The molecule has 1 aromatic carbocycles. The largest absolute Gasteiger partial charge is 0.461 e. The number of furan rings is 1. The lowest BCUT2D eigenvalue weighted by molar-refractivity contribution is 0.0966. The van der Waals surface area contributed by atoms with E-state index in [1.54, 1.807) is 30.3 Å². The molecule has 0 atom stereocenters. The normalized spacial score (nSPS) is 10.4. The summed E-state index contributed by atoms with van der Waals surface area (Å²) < 4.78 is 5.01. The molecule has 0 aliphatic heterocycles. The quantitative estimate of drug-likeness (QED) is 0.775. The summed E-state index contributed by atoms with van der Waals surface area (Å²) in [5.41, 5.74) is 0.743. The predicted molar refractivity (Wildman–Crippen MR) is 63.2 cm³/mol. The monoisotopic (exact) mass is 254 g/mol. The van der Waals surface area contributed by atoms with Crippen LogP contribution in [0.5, 0.6) is 0 Å². The second kappa shape index (κ2) is 4.73. The molecule has 0 saturated heterocycles. The molecule has 82 valence electrons. The van der Waals surface area contributed by atoms with Gasteiger partial charge in [-0.3, -0.25) is 4.79 Å². The van der Waals surface area contributed by atoms with E-state index in [1.807, 2.05) is 0 Å². The molecule has 0 saturated carbocycles. The summed E-state index contributed by atoms with van der Waals surface area (Å²) in [4.78, 5) is 11.7. The molecule has 0 spiro atoms. The zero-order valence-corrected chi connectivity index (χ0v) is 9.76. The molecule has 16 heavy (non-hydrogen) atoms. The number of Topliss-reactive ketones (excluding diaryl/α,β-unsaturated/α-hetero) is 1. The van der Waals surface area contributed by atoms with Gasteiger partial charge in [0, 0.05) is 16.5 Å². The molecule has 2 aromatic rings. The van der Waals surface area contributed by atoms with E-state index in [-0.39, 0.29) is 12.2 Å². The van der Waals surface area contributed by atoms with Crippen molar-refractivity contribution in [1.82, 2.24) is 0 Å². The highest BCUT2D eigenvalue weighted by atomic mass is 35.5. The fourth-order valence-electron chi connectivity index (χ4n) is 1.36. The average Bonchev–Trinajstić information content (AvgIpc) is 2.75. The highest BCUT2D eigenvalue weighted by Gasteiger charge is 2.11. The van der Waals surface area contributed by atoms with Crippen molar-refractivity contribution in [2.24, 2.45) is 0 Å². The Kier molecular flexibility index (Phi) is 3.32. The smallest absolute Gasteiger partial charge is 0.202 e. The van der Waals surface area contributed by atoms with Gasteiger partial charge >= 0.3 is 0 Å². The predicted octanol–water partition coefficient (Wildman–Crippen LogP) is 4.01. The number of rotatable bonds is 3. The molecule has 0 unspecified atom stereocenters. The molecule has 0 fully saturated rings. The van der Waals surface area contributed by atoms with Crippen molar-refractivity contribution in [1.29, 1.82) is 0 Å². The summed E-state index contributed by atoms with van der Waals surface area (Å²) in [6.45, 7) is 0. The molecule has 0 radical (unpaired) electrons. The molecule has 2 nitrogen and oxygen atoms in total. The average molecular weight is 255 g/mol. The molecule has 0 amide bonds. The van der Waals surface area contributed by atoms with Gasteiger partial charge in [0.2, 0.25) is 5.78 Å². The first-order valence-electron chi connectivity index (χ1n) is 4.67. The van der Waals surface area contributed by atoms with E-state index >= 15 is 0 Å². The third-order valence-corrected chi connectivity index (χ3v) is 2.75. The molecule has 0 N–H and O–H groups in total. The van der Waals surface area contributed by atoms with Crippen LogP contribution in [0.15, 0.2) is 41.0 Å². The fourth-order valence-corrected chi connectivity index (χ4v) is 1.84. The van der Waals surface area contributed by atoms with Gasteiger partial charge in [-0.05, 0) is 29.8 Å². The third kappa shape index (κ3) is 2.46. The van der Waals surface area contributed by atoms with Gasteiger partial charge in [-0.2, -0.15) is 0 Å². The van der Waals surface area contributed by atoms with Crippen LogP contribution in [0.2, 0.25) is 10.0 Å². The van der Waals surface area contributed by atoms with Crippen molar-refractivity contribution < 1.29 is 9.21 Å². The number of halogens is 2. The minimum Gasteiger partial charge on any atom is -0.461 e. The summed E-state index contributed by atoms with van der Waals surface area (Å²) in [6, 6.07) is 8.38. The van der Waals surface area contributed by atoms with E-state index in [9.17, 15) is 4.79 Å². The minimum atomic E-state index is -0.103. The fraction of sp³-hybridized carbons (Fsp3) is 0.0833. The number of carbonyl (C=O) groups excluding carboxylic acids is 1. The van der Waals surface area contributed by atoms with E-state index in [0.29, 0.717) is 15.8 Å². The Morgan fingerprint density at radius 3 is 2.69 bits per heavy atom. The summed E-state index contributed by atoms with van der Waals surface area (Å²) >= 11 is 11.7. The van der Waals surface area contributed by atoms with Crippen molar-refractivity contribution in [3.8, 4) is 0 Å². The van der Waals surface area contributed by atoms with Crippen LogP contribution in [0, 0.1) is 0 Å².